The van der Waals surface area contributed by atoms with Crippen molar-refractivity contribution in [3.05, 3.63) is 48.0 Å². The Labute approximate surface area is 134 Å². The molecule has 3 heteroatoms. The first-order valence-electron chi connectivity index (χ1n) is 7.61. The third-order valence-electron chi connectivity index (χ3n) is 4.29. The molecule has 1 fully saturated rings. The Kier molecular flexibility index (Phi) is 4.59. The molecule has 0 aromatic heterocycles. The number of halogens is 1. The van der Waals surface area contributed by atoms with Crippen LogP contribution < -0.4 is 0 Å². The Morgan fingerprint density at radius 1 is 1.14 bits per heavy atom. The maximum absolute atomic E-state index is 12.6. The molecule has 2 nitrogen and oxygen atoms in total. The van der Waals surface area contributed by atoms with Crippen molar-refractivity contribution >= 4 is 32.6 Å². The zero-order chi connectivity index (χ0) is 14.7. The first kappa shape index (κ1) is 14.6. The van der Waals surface area contributed by atoms with Crippen molar-refractivity contribution < 1.29 is 4.79 Å². The van der Waals surface area contributed by atoms with Crippen molar-refractivity contribution in [2.45, 2.75) is 31.7 Å². The van der Waals surface area contributed by atoms with Crippen LogP contribution in [0.1, 0.15) is 24.8 Å². The van der Waals surface area contributed by atoms with Crippen LogP contribution in [0.5, 0.6) is 0 Å². The Morgan fingerprint density at radius 2 is 1.95 bits per heavy atom. The van der Waals surface area contributed by atoms with Crippen LogP contribution in [0.3, 0.4) is 0 Å². The largest absolute Gasteiger partial charge is 0.339 e. The van der Waals surface area contributed by atoms with E-state index in [9.17, 15) is 4.79 Å². The average molecular weight is 346 g/mol. The molecule has 1 atom stereocenters. The van der Waals surface area contributed by atoms with Crippen molar-refractivity contribution in [2.24, 2.45) is 0 Å². The van der Waals surface area contributed by atoms with Crippen LogP contribution in [0.25, 0.3) is 10.8 Å². The van der Waals surface area contributed by atoms with E-state index >= 15 is 0 Å². The molecule has 1 unspecified atom stereocenters. The predicted molar refractivity (Wildman–Crippen MR) is 90.8 cm³/mol. The Bertz CT molecular complexity index is 640. The van der Waals surface area contributed by atoms with E-state index in [1.165, 1.54) is 17.2 Å². The molecule has 1 saturated heterocycles. The lowest BCUT2D eigenvalue weighted by molar-refractivity contribution is -0.133. The van der Waals surface area contributed by atoms with Crippen LogP contribution in [-0.4, -0.2) is 28.7 Å². The molecule has 0 N–H and O–H groups in total. The summed E-state index contributed by atoms with van der Waals surface area (Å²) in [6.45, 7) is 0.905. The second-order valence-electron chi connectivity index (χ2n) is 5.75. The van der Waals surface area contributed by atoms with Gasteiger partial charge >= 0.3 is 0 Å². The Morgan fingerprint density at radius 3 is 2.76 bits per heavy atom. The topological polar surface area (TPSA) is 20.3 Å². The Hall–Kier alpha value is -1.35. The molecular formula is C18H20BrNO. The van der Waals surface area contributed by atoms with Gasteiger partial charge in [-0.25, -0.2) is 0 Å². The SMILES string of the molecule is O=C(Cc1ccc2ccccc2c1)N1CCCCC1CBr. The molecule has 0 radical (unpaired) electrons. The van der Waals surface area contributed by atoms with Gasteiger partial charge in [0.25, 0.3) is 0 Å². The summed E-state index contributed by atoms with van der Waals surface area (Å²) in [4.78, 5) is 14.6. The third-order valence-corrected chi connectivity index (χ3v) is 5.04. The van der Waals surface area contributed by atoms with Crippen molar-refractivity contribution in [3.8, 4) is 0 Å². The number of rotatable bonds is 3. The highest BCUT2D eigenvalue weighted by molar-refractivity contribution is 9.09. The van der Waals surface area contributed by atoms with Gasteiger partial charge in [-0.15, -0.1) is 0 Å². The molecule has 1 amide bonds. The van der Waals surface area contributed by atoms with E-state index in [1.54, 1.807) is 0 Å². The van der Waals surface area contributed by atoms with Gasteiger partial charge in [0.05, 0.1) is 6.42 Å². The zero-order valence-corrected chi connectivity index (χ0v) is 13.7. The first-order chi connectivity index (χ1) is 10.3. The second-order valence-corrected chi connectivity index (χ2v) is 6.40. The summed E-state index contributed by atoms with van der Waals surface area (Å²) in [5.74, 6) is 0.259. The lowest BCUT2D eigenvalue weighted by Gasteiger charge is -2.35. The summed E-state index contributed by atoms with van der Waals surface area (Å²) >= 11 is 3.54. The van der Waals surface area contributed by atoms with Crippen molar-refractivity contribution in [1.82, 2.24) is 4.90 Å². The van der Waals surface area contributed by atoms with Crippen molar-refractivity contribution in [1.29, 1.82) is 0 Å². The number of nitrogens with zero attached hydrogens (tertiary/aromatic N) is 1. The summed E-state index contributed by atoms with van der Waals surface area (Å²) in [6.07, 6.45) is 3.99. The molecule has 0 spiro atoms. The fourth-order valence-electron chi connectivity index (χ4n) is 3.11. The number of hydrogen-bond donors (Lipinski definition) is 0. The van der Waals surface area contributed by atoms with Gasteiger partial charge in [-0.3, -0.25) is 4.79 Å². The molecule has 1 heterocycles. The first-order valence-corrected chi connectivity index (χ1v) is 8.73. The van der Waals surface area contributed by atoms with Gasteiger partial charge in [0.2, 0.25) is 5.91 Å². The minimum Gasteiger partial charge on any atom is -0.339 e. The number of carbonyl (C=O) groups is 1. The maximum atomic E-state index is 12.6. The molecule has 0 bridgehead atoms. The molecule has 21 heavy (non-hydrogen) atoms. The monoisotopic (exact) mass is 345 g/mol. The van der Waals surface area contributed by atoms with E-state index in [1.807, 2.05) is 12.1 Å². The summed E-state index contributed by atoms with van der Waals surface area (Å²) in [5, 5.41) is 3.32. The summed E-state index contributed by atoms with van der Waals surface area (Å²) < 4.78 is 0. The van der Waals surface area contributed by atoms with Crippen molar-refractivity contribution in [2.75, 3.05) is 11.9 Å². The third kappa shape index (κ3) is 3.29. The van der Waals surface area contributed by atoms with Gasteiger partial charge in [-0.05, 0) is 35.6 Å². The summed E-state index contributed by atoms with van der Waals surface area (Å²) in [5.41, 5.74) is 1.11. The second kappa shape index (κ2) is 6.61. The number of fused-ring (bicyclic) bond motifs is 1. The number of likely N-dealkylation sites (tertiary alicyclic amines) is 1. The fourth-order valence-corrected chi connectivity index (χ4v) is 3.79. The van der Waals surface area contributed by atoms with E-state index in [0.717, 1.165) is 30.3 Å². The predicted octanol–water partition coefficient (Wildman–Crippen LogP) is 4.16. The van der Waals surface area contributed by atoms with Gasteiger partial charge in [0.15, 0.2) is 0 Å². The molecule has 110 valence electrons. The van der Waals surface area contributed by atoms with Gasteiger partial charge in [0, 0.05) is 17.9 Å². The number of amides is 1. The van der Waals surface area contributed by atoms with Crippen LogP contribution in [-0.2, 0) is 11.2 Å². The average Bonchev–Trinajstić information content (AvgIpc) is 2.54. The highest BCUT2D eigenvalue weighted by Gasteiger charge is 2.25. The van der Waals surface area contributed by atoms with E-state index in [-0.39, 0.29) is 5.91 Å². The molecular weight excluding hydrogens is 326 g/mol. The van der Waals surface area contributed by atoms with E-state index in [2.05, 4.69) is 51.2 Å². The Balaban J connectivity index is 1.76. The van der Waals surface area contributed by atoms with E-state index in [4.69, 9.17) is 0 Å². The van der Waals surface area contributed by atoms with E-state index < -0.39 is 0 Å². The van der Waals surface area contributed by atoms with Crippen LogP contribution >= 0.6 is 15.9 Å². The van der Waals surface area contributed by atoms with Crippen LogP contribution in [0, 0.1) is 0 Å². The molecule has 0 aliphatic carbocycles. The summed E-state index contributed by atoms with van der Waals surface area (Å²) in [6, 6.07) is 15.0. The molecule has 1 aliphatic heterocycles. The van der Waals surface area contributed by atoms with Gasteiger partial charge < -0.3 is 4.90 Å². The van der Waals surface area contributed by atoms with Crippen LogP contribution in [0.15, 0.2) is 42.5 Å². The molecule has 2 aromatic rings. The molecule has 2 aromatic carbocycles. The standard InChI is InChI=1S/C18H20BrNO/c19-13-17-7-3-4-10-20(17)18(21)12-14-8-9-15-5-1-2-6-16(15)11-14/h1-2,5-6,8-9,11,17H,3-4,7,10,12-13H2. The van der Waals surface area contributed by atoms with Gasteiger partial charge in [-0.1, -0.05) is 58.4 Å². The molecule has 3 rings (SSSR count). The number of hydrogen-bond acceptors (Lipinski definition) is 1. The highest BCUT2D eigenvalue weighted by atomic mass is 79.9. The molecule has 0 saturated carbocycles. The molecule has 1 aliphatic rings. The minimum absolute atomic E-state index is 0.259. The number of carbonyl (C=O) groups excluding carboxylic acids is 1. The van der Waals surface area contributed by atoms with Gasteiger partial charge in [0.1, 0.15) is 0 Å². The lowest BCUT2D eigenvalue weighted by Crippen LogP contribution is -2.45. The minimum atomic E-state index is 0.259. The number of piperidine rings is 1. The zero-order valence-electron chi connectivity index (χ0n) is 12.1. The van der Waals surface area contributed by atoms with Crippen LogP contribution in [0.2, 0.25) is 0 Å². The van der Waals surface area contributed by atoms with Crippen LogP contribution in [0.4, 0.5) is 0 Å². The normalized spacial score (nSPS) is 18.9. The maximum Gasteiger partial charge on any atom is 0.227 e. The highest BCUT2D eigenvalue weighted by Crippen LogP contribution is 2.21. The summed E-state index contributed by atoms with van der Waals surface area (Å²) in [7, 11) is 0. The fraction of sp³-hybridized carbons (Fsp3) is 0.389. The smallest absolute Gasteiger partial charge is 0.227 e. The van der Waals surface area contributed by atoms with E-state index in [0.29, 0.717) is 12.5 Å². The lowest BCUT2D eigenvalue weighted by atomic mass is 10.0. The van der Waals surface area contributed by atoms with Crippen molar-refractivity contribution in [3.63, 3.8) is 0 Å². The van der Waals surface area contributed by atoms with Gasteiger partial charge in [-0.2, -0.15) is 0 Å². The number of alkyl halides is 1. The number of benzene rings is 2. The quantitative estimate of drug-likeness (QED) is 0.765.